The van der Waals surface area contributed by atoms with E-state index in [0.717, 1.165) is 11.1 Å². The summed E-state index contributed by atoms with van der Waals surface area (Å²) in [5.74, 6) is -1.41. The number of hydrogen-bond donors (Lipinski definition) is 0. The number of fused-ring (bicyclic) bond motifs is 1. The summed E-state index contributed by atoms with van der Waals surface area (Å²) in [5.41, 5.74) is 1.03. The van der Waals surface area contributed by atoms with Gasteiger partial charge in [-0.2, -0.15) is 0 Å². The van der Waals surface area contributed by atoms with Gasteiger partial charge in [0.05, 0.1) is 13.2 Å². The minimum atomic E-state index is -1.35. The Morgan fingerprint density at radius 3 is 2.19 bits per heavy atom. The smallest absolute Gasteiger partial charge is 0.323 e. The standard InChI is InChI=1S/C21H24O5/c1-4-25-19(23)21(20(24)26-5-2)11-15-13(3)18(22)17(16(15)12-21)14-9-7-6-8-10-14/h6-10,13,15H,4-5,11-12H2,1-3H3/t13-,15-/m1/s1. The molecule has 0 heterocycles. The molecule has 138 valence electrons. The van der Waals surface area contributed by atoms with Crippen LogP contribution in [0.4, 0.5) is 0 Å². The molecule has 2 aliphatic carbocycles. The molecule has 0 N–H and O–H groups in total. The average molecular weight is 356 g/mol. The van der Waals surface area contributed by atoms with Gasteiger partial charge in [0.2, 0.25) is 0 Å². The maximum atomic E-state index is 12.8. The summed E-state index contributed by atoms with van der Waals surface area (Å²) in [6.45, 7) is 5.70. The molecule has 5 heteroatoms. The van der Waals surface area contributed by atoms with Crippen molar-refractivity contribution in [3.05, 3.63) is 41.5 Å². The van der Waals surface area contributed by atoms with Gasteiger partial charge in [0.1, 0.15) is 0 Å². The molecule has 0 aromatic heterocycles. The van der Waals surface area contributed by atoms with Crippen LogP contribution in [0.2, 0.25) is 0 Å². The number of allylic oxidation sites excluding steroid dienone is 2. The van der Waals surface area contributed by atoms with E-state index in [2.05, 4.69) is 0 Å². The summed E-state index contributed by atoms with van der Waals surface area (Å²) in [4.78, 5) is 38.3. The van der Waals surface area contributed by atoms with Gasteiger partial charge in [0.15, 0.2) is 11.2 Å². The molecule has 0 spiro atoms. The Hall–Kier alpha value is -2.43. The van der Waals surface area contributed by atoms with E-state index in [-0.39, 0.29) is 43.7 Å². The molecule has 5 nitrogen and oxygen atoms in total. The Morgan fingerprint density at radius 1 is 1.08 bits per heavy atom. The Bertz CT molecular complexity index is 744. The zero-order chi connectivity index (χ0) is 18.9. The van der Waals surface area contributed by atoms with Crippen molar-refractivity contribution in [2.45, 2.75) is 33.6 Å². The Balaban J connectivity index is 2.08. The maximum Gasteiger partial charge on any atom is 0.323 e. The number of ether oxygens (including phenoxy) is 2. The Morgan fingerprint density at radius 2 is 1.65 bits per heavy atom. The highest BCUT2D eigenvalue weighted by atomic mass is 16.6. The lowest BCUT2D eigenvalue weighted by Gasteiger charge is -2.25. The average Bonchev–Trinajstić information content (AvgIpc) is 3.13. The van der Waals surface area contributed by atoms with E-state index in [1.54, 1.807) is 13.8 Å². The van der Waals surface area contributed by atoms with Crippen molar-refractivity contribution in [1.29, 1.82) is 0 Å². The summed E-state index contributed by atoms with van der Waals surface area (Å²) in [5, 5.41) is 0. The quantitative estimate of drug-likeness (QED) is 0.599. The van der Waals surface area contributed by atoms with Crippen molar-refractivity contribution in [3.8, 4) is 0 Å². The van der Waals surface area contributed by atoms with Gasteiger partial charge in [-0.3, -0.25) is 14.4 Å². The first-order valence-electron chi connectivity index (χ1n) is 9.13. The molecule has 1 aromatic rings. The number of rotatable bonds is 5. The predicted octanol–water partition coefficient (Wildman–Crippen LogP) is 3.18. The van der Waals surface area contributed by atoms with Gasteiger partial charge in [0.25, 0.3) is 0 Å². The van der Waals surface area contributed by atoms with E-state index in [1.807, 2.05) is 37.3 Å². The van der Waals surface area contributed by atoms with Gasteiger partial charge in [-0.15, -0.1) is 0 Å². The molecular weight excluding hydrogens is 332 g/mol. The zero-order valence-corrected chi connectivity index (χ0v) is 15.4. The highest BCUT2D eigenvalue weighted by Crippen LogP contribution is 2.56. The Kier molecular flexibility index (Phi) is 4.99. The fourth-order valence-corrected chi connectivity index (χ4v) is 4.21. The third kappa shape index (κ3) is 2.75. The fourth-order valence-electron chi connectivity index (χ4n) is 4.21. The number of benzene rings is 1. The summed E-state index contributed by atoms with van der Waals surface area (Å²) < 4.78 is 10.4. The second kappa shape index (κ2) is 7.06. The van der Waals surface area contributed by atoms with Crippen molar-refractivity contribution in [1.82, 2.24) is 0 Å². The van der Waals surface area contributed by atoms with Crippen LogP contribution < -0.4 is 0 Å². The molecule has 0 amide bonds. The third-order valence-corrected chi connectivity index (χ3v) is 5.49. The van der Waals surface area contributed by atoms with E-state index in [4.69, 9.17) is 9.47 Å². The first kappa shape index (κ1) is 18.4. The molecule has 3 rings (SSSR count). The lowest BCUT2D eigenvalue weighted by atomic mass is 9.81. The van der Waals surface area contributed by atoms with Crippen LogP contribution in [0.3, 0.4) is 0 Å². The van der Waals surface area contributed by atoms with Gasteiger partial charge < -0.3 is 9.47 Å². The molecule has 1 aromatic carbocycles. The van der Waals surface area contributed by atoms with Gasteiger partial charge in [-0.25, -0.2) is 0 Å². The third-order valence-electron chi connectivity index (χ3n) is 5.49. The number of ketones is 1. The molecular formula is C21H24O5. The second-order valence-corrected chi connectivity index (χ2v) is 6.93. The first-order valence-corrected chi connectivity index (χ1v) is 9.13. The van der Waals surface area contributed by atoms with Gasteiger partial charge >= 0.3 is 11.9 Å². The highest BCUT2D eigenvalue weighted by Gasteiger charge is 2.60. The summed E-state index contributed by atoms with van der Waals surface area (Å²) in [7, 11) is 0. The monoisotopic (exact) mass is 356 g/mol. The number of carbonyl (C=O) groups excluding carboxylic acids is 3. The molecule has 0 unspecified atom stereocenters. The zero-order valence-electron chi connectivity index (χ0n) is 15.4. The lowest BCUT2D eigenvalue weighted by Crippen LogP contribution is -2.40. The van der Waals surface area contributed by atoms with E-state index in [1.165, 1.54) is 0 Å². The van der Waals surface area contributed by atoms with Crippen LogP contribution in [0.1, 0.15) is 39.2 Å². The van der Waals surface area contributed by atoms with Crippen molar-refractivity contribution in [3.63, 3.8) is 0 Å². The fraction of sp³-hybridized carbons (Fsp3) is 0.476. The van der Waals surface area contributed by atoms with Crippen molar-refractivity contribution < 1.29 is 23.9 Å². The largest absolute Gasteiger partial charge is 0.465 e. The SMILES string of the molecule is CCOC(=O)C1(C(=O)OCC)CC2=C(c3ccccc3)C(=O)[C@H](C)[C@H]2C1. The van der Waals surface area contributed by atoms with Gasteiger partial charge in [0, 0.05) is 11.5 Å². The van der Waals surface area contributed by atoms with Crippen LogP contribution in [0.25, 0.3) is 5.57 Å². The van der Waals surface area contributed by atoms with Crippen molar-refractivity contribution in [2.24, 2.45) is 17.3 Å². The lowest BCUT2D eigenvalue weighted by molar-refractivity contribution is -0.172. The number of esters is 2. The van der Waals surface area contributed by atoms with Gasteiger partial charge in [-0.05, 0) is 38.2 Å². The summed E-state index contributed by atoms with van der Waals surface area (Å²) in [6, 6.07) is 9.44. The van der Waals surface area contributed by atoms with Crippen molar-refractivity contribution >= 4 is 23.3 Å². The number of Topliss-reactive ketones (excluding diaryl/α,β-unsaturated/α-hetero) is 1. The first-order chi connectivity index (χ1) is 12.5. The van der Waals surface area contributed by atoms with E-state index in [9.17, 15) is 14.4 Å². The topological polar surface area (TPSA) is 69.7 Å². The Labute approximate surface area is 153 Å². The van der Waals surface area contributed by atoms with Crippen molar-refractivity contribution in [2.75, 3.05) is 13.2 Å². The van der Waals surface area contributed by atoms with Crippen LogP contribution in [0, 0.1) is 17.3 Å². The minimum absolute atomic E-state index is 0.0810. The predicted molar refractivity (Wildman–Crippen MR) is 96.0 cm³/mol. The summed E-state index contributed by atoms with van der Waals surface area (Å²) in [6.07, 6.45) is 0.457. The van der Waals surface area contributed by atoms with Crippen LogP contribution >= 0.6 is 0 Å². The molecule has 0 bridgehead atoms. The molecule has 0 saturated heterocycles. The highest BCUT2D eigenvalue weighted by molar-refractivity contribution is 6.25. The second-order valence-electron chi connectivity index (χ2n) is 6.93. The summed E-state index contributed by atoms with van der Waals surface area (Å²) >= 11 is 0. The van der Waals surface area contributed by atoms with E-state index >= 15 is 0 Å². The maximum absolute atomic E-state index is 12.8. The van der Waals surface area contributed by atoms with Crippen LogP contribution in [-0.2, 0) is 23.9 Å². The van der Waals surface area contributed by atoms with Crippen LogP contribution in [0.5, 0.6) is 0 Å². The molecule has 26 heavy (non-hydrogen) atoms. The minimum Gasteiger partial charge on any atom is -0.465 e. The molecule has 1 fully saturated rings. The van der Waals surface area contributed by atoms with Gasteiger partial charge in [-0.1, -0.05) is 42.8 Å². The molecule has 1 saturated carbocycles. The van der Waals surface area contributed by atoms with Crippen LogP contribution in [0.15, 0.2) is 35.9 Å². The van der Waals surface area contributed by atoms with E-state index in [0.29, 0.717) is 5.57 Å². The number of hydrogen-bond acceptors (Lipinski definition) is 5. The molecule has 2 atom stereocenters. The molecule has 0 radical (unpaired) electrons. The normalized spacial score (nSPS) is 23.7. The number of carbonyl (C=O) groups is 3. The molecule has 0 aliphatic heterocycles. The van der Waals surface area contributed by atoms with E-state index < -0.39 is 17.4 Å². The molecule has 2 aliphatic rings. The van der Waals surface area contributed by atoms with Crippen LogP contribution in [-0.4, -0.2) is 30.9 Å².